The second kappa shape index (κ2) is 6.34. The molecular weight excluding hydrogens is 258 g/mol. The number of hydrogen-bond acceptors (Lipinski definition) is 3. The van der Waals surface area contributed by atoms with Crippen molar-refractivity contribution < 1.29 is 19.4 Å². The normalized spacial score (nSPS) is 21.4. The number of rotatable bonds is 5. The quantitative estimate of drug-likeness (QED) is 0.802. The van der Waals surface area contributed by atoms with Crippen LogP contribution in [0, 0.1) is 0 Å². The van der Waals surface area contributed by atoms with Crippen LogP contribution in [0.2, 0.25) is 0 Å². The Morgan fingerprint density at radius 2 is 1.95 bits per heavy atom. The second-order valence-electron chi connectivity index (χ2n) is 4.79. The average molecular weight is 275 g/mol. The van der Waals surface area contributed by atoms with Crippen LogP contribution in [0.25, 0.3) is 6.08 Å². The molecule has 5 nitrogen and oxygen atoms in total. The number of benzene rings is 1. The lowest BCUT2D eigenvalue weighted by Crippen LogP contribution is -2.47. The van der Waals surface area contributed by atoms with E-state index < -0.39 is 5.97 Å². The first kappa shape index (κ1) is 14.3. The van der Waals surface area contributed by atoms with Gasteiger partial charge < -0.3 is 15.2 Å². The van der Waals surface area contributed by atoms with Crippen LogP contribution in [-0.2, 0) is 9.53 Å². The molecule has 0 aliphatic heterocycles. The van der Waals surface area contributed by atoms with Crippen LogP contribution in [0.1, 0.15) is 28.8 Å². The average Bonchev–Trinajstić information content (AvgIpc) is 2.40. The minimum Gasteiger partial charge on any atom is -0.478 e. The van der Waals surface area contributed by atoms with Crippen LogP contribution in [0.15, 0.2) is 30.3 Å². The van der Waals surface area contributed by atoms with E-state index in [1.54, 1.807) is 31.4 Å². The molecule has 106 valence electrons. The zero-order valence-electron chi connectivity index (χ0n) is 11.2. The highest BCUT2D eigenvalue weighted by atomic mass is 16.5. The molecule has 2 rings (SSSR count). The summed E-state index contributed by atoms with van der Waals surface area (Å²) in [6.45, 7) is 0. The van der Waals surface area contributed by atoms with Crippen molar-refractivity contribution in [3.63, 3.8) is 0 Å². The molecule has 1 aromatic carbocycles. The van der Waals surface area contributed by atoms with E-state index in [2.05, 4.69) is 5.32 Å². The first-order valence-electron chi connectivity index (χ1n) is 6.43. The predicted octanol–water partition coefficient (Wildman–Crippen LogP) is 1.69. The molecule has 0 saturated heterocycles. The third-order valence-electron chi connectivity index (χ3n) is 3.35. The Morgan fingerprint density at radius 3 is 2.50 bits per heavy atom. The Balaban J connectivity index is 1.89. The fourth-order valence-corrected chi connectivity index (χ4v) is 2.06. The van der Waals surface area contributed by atoms with E-state index in [0.29, 0.717) is 5.56 Å². The summed E-state index contributed by atoms with van der Waals surface area (Å²) in [6.07, 6.45) is 4.50. The molecule has 1 aliphatic carbocycles. The van der Waals surface area contributed by atoms with E-state index in [-0.39, 0.29) is 18.1 Å². The molecule has 0 bridgehead atoms. The van der Waals surface area contributed by atoms with Gasteiger partial charge in [0.05, 0.1) is 6.10 Å². The summed E-state index contributed by atoms with van der Waals surface area (Å²) < 4.78 is 5.16. The molecular formula is C15H17NO4. The predicted molar refractivity (Wildman–Crippen MR) is 74.4 cm³/mol. The molecule has 1 amide bonds. The fourth-order valence-electron chi connectivity index (χ4n) is 2.06. The Labute approximate surface area is 117 Å². The van der Waals surface area contributed by atoms with Crippen molar-refractivity contribution in [2.24, 2.45) is 0 Å². The van der Waals surface area contributed by atoms with Gasteiger partial charge in [0, 0.05) is 24.8 Å². The number of nitrogens with one attached hydrogen (secondary N) is 1. The van der Waals surface area contributed by atoms with E-state index in [4.69, 9.17) is 9.84 Å². The first-order valence-corrected chi connectivity index (χ1v) is 6.43. The highest BCUT2D eigenvalue weighted by molar-refractivity contribution is 5.94. The maximum atomic E-state index is 12.0. The number of aliphatic carboxylic acids is 1. The Morgan fingerprint density at radius 1 is 1.30 bits per heavy atom. The van der Waals surface area contributed by atoms with Crippen molar-refractivity contribution in [1.82, 2.24) is 5.32 Å². The van der Waals surface area contributed by atoms with Crippen molar-refractivity contribution in [2.75, 3.05) is 7.11 Å². The summed E-state index contributed by atoms with van der Waals surface area (Å²) in [7, 11) is 1.67. The van der Waals surface area contributed by atoms with Crippen molar-refractivity contribution in [3.8, 4) is 0 Å². The number of methoxy groups -OCH3 is 1. The molecule has 1 fully saturated rings. The Bertz CT molecular complexity index is 515. The fraction of sp³-hybridized carbons (Fsp3) is 0.333. The van der Waals surface area contributed by atoms with Crippen LogP contribution in [0.3, 0.4) is 0 Å². The zero-order valence-corrected chi connectivity index (χ0v) is 11.2. The summed E-state index contributed by atoms with van der Waals surface area (Å²) >= 11 is 0. The standard InChI is InChI=1S/C15H17NO4/c1-20-13-8-12(9-13)16-15(19)11-5-2-10(3-6-11)4-7-14(17)18/h2-7,12-13H,8-9H2,1H3,(H,16,19)(H,17,18)/b7-4+. The number of carboxylic acid groups (broad SMARTS) is 1. The van der Waals surface area contributed by atoms with Gasteiger partial charge in [-0.05, 0) is 36.6 Å². The third kappa shape index (κ3) is 3.68. The summed E-state index contributed by atoms with van der Waals surface area (Å²) in [4.78, 5) is 22.4. The summed E-state index contributed by atoms with van der Waals surface area (Å²) in [5.41, 5.74) is 1.31. The lowest BCUT2D eigenvalue weighted by Gasteiger charge is -2.34. The zero-order chi connectivity index (χ0) is 14.5. The smallest absolute Gasteiger partial charge is 0.328 e. The summed E-state index contributed by atoms with van der Waals surface area (Å²) in [5, 5.41) is 11.5. The van der Waals surface area contributed by atoms with Crippen LogP contribution in [0.4, 0.5) is 0 Å². The van der Waals surface area contributed by atoms with Gasteiger partial charge in [0.25, 0.3) is 5.91 Å². The number of amides is 1. The minimum absolute atomic E-state index is 0.113. The van der Waals surface area contributed by atoms with Crippen LogP contribution in [-0.4, -0.2) is 36.2 Å². The van der Waals surface area contributed by atoms with E-state index in [1.807, 2.05) is 0 Å². The highest BCUT2D eigenvalue weighted by Gasteiger charge is 2.30. The van der Waals surface area contributed by atoms with Crippen LogP contribution < -0.4 is 5.32 Å². The second-order valence-corrected chi connectivity index (χ2v) is 4.79. The molecule has 2 N–H and O–H groups in total. The summed E-state index contributed by atoms with van der Waals surface area (Å²) in [6, 6.07) is 6.98. The molecule has 1 aliphatic rings. The number of ether oxygens (including phenoxy) is 1. The molecule has 1 aromatic rings. The molecule has 0 atom stereocenters. The van der Waals surface area contributed by atoms with Gasteiger partial charge in [0.15, 0.2) is 0 Å². The van der Waals surface area contributed by atoms with Crippen LogP contribution in [0.5, 0.6) is 0 Å². The summed E-state index contributed by atoms with van der Waals surface area (Å²) in [5.74, 6) is -1.11. The number of carboxylic acids is 1. The van der Waals surface area contributed by atoms with Gasteiger partial charge in [-0.1, -0.05) is 12.1 Å². The number of carbonyl (C=O) groups excluding carboxylic acids is 1. The molecule has 0 radical (unpaired) electrons. The molecule has 0 aromatic heterocycles. The topological polar surface area (TPSA) is 75.6 Å². The van der Waals surface area contributed by atoms with E-state index in [0.717, 1.165) is 24.5 Å². The van der Waals surface area contributed by atoms with Crippen LogP contribution >= 0.6 is 0 Å². The monoisotopic (exact) mass is 275 g/mol. The third-order valence-corrected chi connectivity index (χ3v) is 3.35. The first-order chi connectivity index (χ1) is 9.58. The van der Waals surface area contributed by atoms with Gasteiger partial charge in [-0.25, -0.2) is 4.79 Å². The molecule has 20 heavy (non-hydrogen) atoms. The largest absolute Gasteiger partial charge is 0.478 e. The van der Waals surface area contributed by atoms with Crippen molar-refractivity contribution in [2.45, 2.75) is 25.0 Å². The minimum atomic E-state index is -0.996. The number of carbonyl (C=O) groups is 2. The molecule has 0 unspecified atom stereocenters. The lowest BCUT2D eigenvalue weighted by atomic mass is 9.89. The maximum Gasteiger partial charge on any atom is 0.328 e. The van der Waals surface area contributed by atoms with Gasteiger partial charge in [-0.15, -0.1) is 0 Å². The highest BCUT2D eigenvalue weighted by Crippen LogP contribution is 2.22. The molecule has 0 spiro atoms. The van der Waals surface area contributed by atoms with Gasteiger partial charge >= 0.3 is 5.97 Å². The van der Waals surface area contributed by atoms with E-state index in [9.17, 15) is 9.59 Å². The van der Waals surface area contributed by atoms with Gasteiger partial charge in [0.1, 0.15) is 0 Å². The van der Waals surface area contributed by atoms with E-state index in [1.165, 1.54) is 6.08 Å². The van der Waals surface area contributed by atoms with Gasteiger partial charge in [-0.2, -0.15) is 0 Å². The maximum absolute atomic E-state index is 12.0. The Hall–Kier alpha value is -2.14. The molecule has 0 heterocycles. The molecule has 1 saturated carbocycles. The van der Waals surface area contributed by atoms with Crippen molar-refractivity contribution in [3.05, 3.63) is 41.5 Å². The van der Waals surface area contributed by atoms with Crippen molar-refractivity contribution in [1.29, 1.82) is 0 Å². The van der Waals surface area contributed by atoms with Gasteiger partial charge in [0.2, 0.25) is 0 Å². The van der Waals surface area contributed by atoms with Gasteiger partial charge in [-0.3, -0.25) is 4.79 Å². The number of hydrogen-bond donors (Lipinski definition) is 2. The van der Waals surface area contributed by atoms with E-state index >= 15 is 0 Å². The molecule has 5 heteroatoms. The lowest BCUT2D eigenvalue weighted by molar-refractivity contribution is -0.131. The SMILES string of the molecule is COC1CC(NC(=O)c2ccc(/C=C/C(=O)O)cc2)C1. The Kier molecular flexibility index (Phi) is 4.53. The van der Waals surface area contributed by atoms with Crippen molar-refractivity contribution >= 4 is 18.0 Å².